The lowest BCUT2D eigenvalue weighted by molar-refractivity contribution is 0.180. The molecule has 0 aliphatic carbocycles. The summed E-state index contributed by atoms with van der Waals surface area (Å²) in [6, 6.07) is 2.15. The molecule has 0 amide bonds. The van der Waals surface area contributed by atoms with E-state index in [4.69, 9.17) is 5.26 Å². The minimum atomic E-state index is -0.106. The zero-order valence-corrected chi connectivity index (χ0v) is 6.42. The Bertz CT molecular complexity index is 104. The topological polar surface area (TPSA) is 30.3 Å². The summed E-state index contributed by atoms with van der Waals surface area (Å²) < 4.78 is 0. The molecule has 0 spiro atoms. The fourth-order valence-electron chi connectivity index (χ4n) is 0.693. The second-order valence-electron chi connectivity index (χ2n) is 2.43. The van der Waals surface area contributed by atoms with E-state index in [1.54, 1.807) is 0 Å². The Morgan fingerprint density at radius 1 is 1.11 bits per heavy atom. The molecule has 3 nitrogen and oxygen atoms in total. The van der Waals surface area contributed by atoms with Crippen molar-refractivity contribution in [2.24, 2.45) is 0 Å². The molecule has 0 atom stereocenters. The molecule has 0 bridgehead atoms. The lowest BCUT2D eigenvalue weighted by Crippen LogP contribution is -2.39. The van der Waals surface area contributed by atoms with Gasteiger partial charge >= 0.3 is 0 Å². The molecule has 0 aromatic heterocycles. The monoisotopic (exact) mass is 127 g/mol. The SMILES string of the molecule is CN(C)C(C#N)N(C)C. The highest BCUT2D eigenvalue weighted by atomic mass is 15.3. The van der Waals surface area contributed by atoms with Crippen molar-refractivity contribution >= 4 is 0 Å². The minimum absolute atomic E-state index is 0.106. The first-order valence-electron chi connectivity index (χ1n) is 2.82. The van der Waals surface area contributed by atoms with Crippen LogP contribution >= 0.6 is 0 Å². The van der Waals surface area contributed by atoms with Crippen molar-refractivity contribution in [3.63, 3.8) is 0 Å². The van der Waals surface area contributed by atoms with Crippen molar-refractivity contribution in [3.8, 4) is 6.07 Å². The van der Waals surface area contributed by atoms with Gasteiger partial charge in [0.2, 0.25) is 0 Å². The van der Waals surface area contributed by atoms with Crippen LogP contribution in [0.5, 0.6) is 0 Å². The van der Waals surface area contributed by atoms with Crippen molar-refractivity contribution in [3.05, 3.63) is 0 Å². The predicted octanol–water partition coefficient (Wildman–Crippen LogP) is -0.0407. The third kappa shape index (κ3) is 2.45. The molecule has 9 heavy (non-hydrogen) atoms. The van der Waals surface area contributed by atoms with Crippen LogP contribution < -0.4 is 0 Å². The van der Waals surface area contributed by atoms with E-state index >= 15 is 0 Å². The first-order chi connectivity index (χ1) is 4.09. The Hall–Kier alpha value is -0.590. The fraction of sp³-hybridized carbons (Fsp3) is 0.833. The van der Waals surface area contributed by atoms with Crippen LogP contribution in [0.25, 0.3) is 0 Å². The Kier molecular flexibility index (Phi) is 3.21. The molecule has 0 heterocycles. The van der Waals surface area contributed by atoms with Gasteiger partial charge in [-0.05, 0) is 28.2 Å². The number of hydrogen-bond donors (Lipinski definition) is 0. The van der Waals surface area contributed by atoms with Crippen LogP contribution in [0.4, 0.5) is 0 Å². The molecular formula is C6H13N3. The maximum Gasteiger partial charge on any atom is 0.151 e. The molecule has 3 heteroatoms. The average molecular weight is 127 g/mol. The Morgan fingerprint density at radius 2 is 1.44 bits per heavy atom. The summed E-state index contributed by atoms with van der Waals surface area (Å²) >= 11 is 0. The van der Waals surface area contributed by atoms with Gasteiger partial charge in [0.15, 0.2) is 6.17 Å². The molecule has 0 unspecified atom stereocenters. The highest BCUT2D eigenvalue weighted by Crippen LogP contribution is 1.92. The summed E-state index contributed by atoms with van der Waals surface area (Å²) in [7, 11) is 7.53. The van der Waals surface area contributed by atoms with Gasteiger partial charge in [-0.15, -0.1) is 0 Å². The molecule has 0 radical (unpaired) electrons. The molecule has 0 saturated carbocycles. The van der Waals surface area contributed by atoms with Crippen LogP contribution in [0.2, 0.25) is 0 Å². The normalized spacial score (nSPS) is 10.9. The van der Waals surface area contributed by atoms with E-state index in [1.807, 2.05) is 38.0 Å². The van der Waals surface area contributed by atoms with E-state index in [-0.39, 0.29) is 6.17 Å². The van der Waals surface area contributed by atoms with Crippen LogP contribution in [0.3, 0.4) is 0 Å². The van der Waals surface area contributed by atoms with Gasteiger partial charge in [-0.25, -0.2) is 0 Å². The molecule has 0 aromatic carbocycles. The van der Waals surface area contributed by atoms with Crippen LogP contribution in [-0.2, 0) is 0 Å². The van der Waals surface area contributed by atoms with Gasteiger partial charge in [-0.3, -0.25) is 9.80 Å². The van der Waals surface area contributed by atoms with Gasteiger partial charge in [-0.1, -0.05) is 0 Å². The van der Waals surface area contributed by atoms with E-state index < -0.39 is 0 Å². The minimum Gasteiger partial charge on any atom is -0.282 e. The van der Waals surface area contributed by atoms with Crippen molar-refractivity contribution < 1.29 is 0 Å². The highest BCUT2D eigenvalue weighted by Gasteiger charge is 2.10. The van der Waals surface area contributed by atoms with Gasteiger partial charge < -0.3 is 0 Å². The highest BCUT2D eigenvalue weighted by molar-refractivity contribution is 4.86. The van der Waals surface area contributed by atoms with Gasteiger partial charge in [-0.2, -0.15) is 5.26 Å². The summed E-state index contributed by atoms with van der Waals surface area (Å²) in [5.41, 5.74) is 0. The third-order valence-electron chi connectivity index (χ3n) is 1.09. The first-order valence-corrected chi connectivity index (χ1v) is 2.82. The summed E-state index contributed by atoms with van der Waals surface area (Å²) in [6.45, 7) is 0. The maximum absolute atomic E-state index is 8.53. The molecule has 0 rings (SSSR count). The molecule has 0 aliphatic heterocycles. The predicted molar refractivity (Wildman–Crippen MR) is 36.8 cm³/mol. The van der Waals surface area contributed by atoms with Crippen LogP contribution in [0.15, 0.2) is 0 Å². The van der Waals surface area contributed by atoms with Crippen molar-refractivity contribution in [2.75, 3.05) is 28.2 Å². The molecular weight excluding hydrogens is 114 g/mol. The molecule has 0 fully saturated rings. The van der Waals surface area contributed by atoms with Crippen LogP contribution in [0.1, 0.15) is 0 Å². The second kappa shape index (κ2) is 3.44. The molecule has 0 saturated heterocycles. The van der Waals surface area contributed by atoms with Crippen molar-refractivity contribution in [1.82, 2.24) is 9.80 Å². The van der Waals surface area contributed by atoms with Gasteiger partial charge in [0, 0.05) is 0 Å². The molecule has 0 aromatic rings. The smallest absolute Gasteiger partial charge is 0.151 e. The van der Waals surface area contributed by atoms with Crippen LogP contribution in [0, 0.1) is 11.3 Å². The second-order valence-corrected chi connectivity index (χ2v) is 2.43. The Morgan fingerprint density at radius 3 is 1.44 bits per heavy atom. The first kappa shape index (κ1) is 8.41. The van der Waals surface area contributed by atoms with E-state index in [9.17, 15) is 0 Å². The standard InChI is InChI=1S/C6H13N3/c1-8(2)6(5-7)9(3)4/h6H,1-4H3. The van der Waals surface area contributed by atoms with Gasteiger partial charge in [0.05, 0.1) is 6.07 Å². The molecule has 52 valence electrons. The zero-order valence-electron chi connectivity index (χ0n) is 6.42. The van der Waals surface area contributed by atoms with E-state index in [2.05, 4.69) is 6.07 Å². The summed E-state index contributed by atoms with van der Waals surface area (Å²) in [5.74, 6) is 0. The third-order valence-corrected chi connectivity index (χ3v) is 1.09. The summed E-state index contributed by atoms with van der Waals surface area (Å²) in [5, 5.41) is 8.53. The number of nitrogens with zero attached hydrogens (tertiary/aromatic N) is 3. The zero-order chi connectivity index (χ0) is 7.44. The van der Waals surface area contributed by atoms with E-state index in [1.165, 1.54) is 0 Å². The lowest BCUT2D eigenvalue weighted by Gasteiger charge is -2.23. The van der Waals surface area contributed by atoms with Crippen molar-refractivity contribution in [1.29, 1.82) is 5.26 Å². The molecule has 0 N–H and O–H groups in total. The number of hydrogen-bond acceptors (Lipinski definition) is 3. The van der Waals surface area contributed by atoms with Crippen molar-refractivity contribution in [2.45, 2.75) is 6.17 Å². The number of nitriles is 1. The largest absolute Gasteiger partial charge is 0.282 e. The fourth-order valence-corrected chi connectivity index (χ4v) is 0.693. The maximum atomic E-state index is 8.53. The Balaban J connectivity index is 3.87. The van der Waals surface area contributed by atoms with Gasteiger partial charge in [0.1, 0.15) is 0 Å². The molecule has 0 aliphatic rings. The Labute approximate surface area is 56.5 Å². The summed E-state index contributed by atoms with van der Waals surface area (Å²) in [6.07, 6.45) is -0.106. The number of rotatable bonds is 2. The van der Waals surface area contributed by atoms with E-state index in [0.29, 0.717) is 0 Å². The average Bonchev–Trinajstić information content (AvgIpc) is 1.64. The lowest BCUT2D eigenvalue weighted by atomic mass is 10.5. The quantitative estimate of drug-likeness (QED) is 0.487. The van der Waals surface area contributed by atoms with Gasteiger partial charge in [0.25, 0.3) is 0 Å². The van der Waals surface area contributed by atoms with E-state index in [0.717, 1.165) is 0 Å². The van der Waals surface area contributed by atoms with Crippen LogP contribution in [-0.4, -0.2) is 44.2 Å². The summed E-state index contributed by atoms with van der Waals surface area (Å²) in [4.78, 5) is 3.72.